The van der Waals surface area contributed by atoms with Gasteiger partial charge in [0.1, 0.15) is 11.5 Å². The Balaban J connectivity index is 0.000000106. The fourth-order valence-corrected chi connectivity index (χ4v) is 24.0. The lowest BCUT2D eigenvalue weighted by Gasteiger charge is -2.29. The van der Waals surface area contributed by atoms with E-state index in [0.29, 0.717) is 0 Å². The van der Waals surface area contributed by atoms with Gasteiger partial charge in [-0.05, 0) is 330 Å². The zero-order valence-electron chi connectivity index (χ0n) is 80.8. The second kappa shape index (κ2) is 34.5. The number of aromatic nitrogens is 8. The minimum absolute atomic E-state index is 0.822. The minimum Gasteiger partial charge on any atom is -0.497 e. The van der Waals surface area contributed by atoms with Crippen molar-refractivity contribution in [2.24, 2.45) is 0 Å². The Morgan fingerprint density at radius 1 is 0.178 bits per heavy atom. The maximum atomic E-state index is 5.57. The first-order chi connectivity index (χ1) is 72.2. The van der Waals surface area contributed by atoms with Gasteiger partial charge in [-0.3, -0.25) is 9.97 Å². The molecule has 24 aromatic rings. The smallest absolute Gasteiger partial charge is 0.119 e. The van der Waals surface area contributed by atoms with Crippen LogP contribution in [-0.4, -0.2) is 51.6 Å². The van der Waals surface area contributed by atoms with Crippen LogP contribution in [0.4, 0.5) is 0 Å². The van der Waals surface area contributed by atoms with Crippen molar-refractivity contribution >= 4 is 131 Å². The molecular weight excluding hydrogens is 1780 g/mol. The number of methoxy groups -OCH3 is 2. The molecule has 0 radical (unpaired) electrons. The molecule has 0 atom stereocenters. The maximum Gasteiger partial charge on any atom is 0.119 e. The highest BCUT2D eigenvalue weighted by Crippen LogP contribution is 2.56. The van der Waals surface area contributed by atoms with E-state index >= 15 is 0 Å². The van der Waals surface area contributed by atoms with Crippen LogP contribution in [0.25, 0.3) is 276 Å². The summed E-state index contributed by atoms with van der Waals surface area (Å²) in [4.78, 5) is 8.91. The number of hydrogen-bond acceptors (Lipinski definition) is 4. The lowest BCUT2D eigenvalue weighted by atomic mass is 9.85. The first-order valence-electron chi connectivity index (χ1n) is 50.3. The predicted octanol–water partition coefficient (Wildman–Crippen LogP) is 35.5. The molecule has 146 heavy (non-hydrogen) atoms. The number of aryl methyl sites for hydroxylation is 2. The summed E-state index contributed by atoms with van der Waals surface area (Å²) < 4.78 is 26.0. The van der Waals surface area contributed by atoms with Crippen molar-refractivity contribution in [3.8, 4) is 157 Å². The van der Waals surface area contributed by atoms with Crippen molar-refractivity contribution in [1.82, 2.24) is 37.4 Å². The van der Waals surface area contributed by atoms with Gasteiger partial charge in [0.15, 0.2) is 0 Å². The van der Waals surface area contributed by atoms with E-state index in [9.17, 15) is 0 Å². The number of para-hydroxylation sites is 2. The lowest BCUT2D eigenvalue weighted by molar-refractivity contribution is 0.414. The molecule has 2 aromatic heterocycles. The number of nitrogens with zero attached hydrogens (tertiary/aromatic N) is 8. The molecule has 30 rings (SSSR count). The van der Waals surface area contributed by atoms with Crippen molar-refractivity contribution in [1.29, 1.82) is 0 Å². The molecule has 0 fully saturated rings. The van der Waals surface area contributed by atoms with Crippen LogP contribution in [0.2, 0.25) is 0 Å². The van der Waals surface area contributed by atoms with Gasteiger partial charge in [-0.15, -0.1) is 0 Å². The van der Waals surface area contributed by atoms with E-state index in [1.54, 1.807) is 14.2 Å². The third kappa shape index (κ3) is 13.7. The van der Waals surface area contributed by atoms with Gasteiger partial charge in [-0.25, -0.2) is 0 Å². The van der Waals surface area contributed by atoms with Crippen LogP contribution in [0.15, 0.2) is 474 Å². The monoisotopic (exact) mass is 1870 g/mol. The molecule has 0 aliphatic carbocycles. The van der Waals surface area contributed by atoms with E-state index in [1.165, 1.54) is 209 Å². The lowest BCUT2D eigenvalue weighted by Crippen LogP contribution is -2.10. The highest BCUT2D eigenvalue weighted by atomic mass is 16.5. The summed E-state index contributed by atoms with van der Waals surface area (Å²) >= 11 is 0. The van der Waals surface area contributed by atoms with Gasteiger partial charge in [0, 0.05) is 148 Å². The van der Waals surface area contributed by atoms with Crippen molar-refractivity contribution in [3.63, 3.8) is 0 Å². The van der Waals surface area contributed by atoms with E-state index in [-0.39, 0.29) is 0 Å². The molecule has 0 saturated heterocycles. The number of rotatable bonds is 16. The Morgan fingerprint density at radius 2 is 0.404 bits per heavy atom. The van der Waals surface area contributed by atoms with Crippen molar-refractivity contribution in [3.05, 3.63) is 474 Å². The second-order valence-corrected chi connectivity index (χ2v) is 38.3. The van der Waals surface area contributed by atoms with Crippen molar-refractivity contribution < 1.29 is 9.47 Å². The summed E-state index contributed by atoms with van der Waals surface area (Å²) in [6.07, 6.45) is 7.51. The van der Waals surface area contributed by atoms with Crippen LogP contribution in [0, 0.1) is 0 Å². The molecule has 0 bridgehead atoms. The van der Waals surface area contributed by atoms with E-state index in [1.807, 2.05) is 61.2 Å². The summed E-state index contributed by atoms with van der Waals surface area (Å²) in [5, 5.41) is 15.1. The van der Waals surface area contributed by atoms with Crippen LogP contribution in [0.1, 0.15) is 13.8 Å². The highest BCUT2D eigenvalue weighted by Gasteiger charge is 2.33. The first kappa shape index (κ1) is 85.1. The fourth-order valence-electron chi connectivity index (χ4n) is 24.0. The summed E-state index contributed by atoms with van der Waals surface area (Å²) in [5.74, 6) is 1.64. The topological polar surface area (TPSA) is 73.8 Å². The van der Waals surface area contributed by atoms with E-state index in [2.05, 4.69) is 464 Å². The van der Waals surface area contributed by atoms with Gasteiger partial charge in [-0.2, -0.15) is 0 Å². The summed E-state index contributed by atoms with van der Waals surface area (Å²) in [6, 6.07) is 164. The molecule has 22 aromatic carbocycles. The molecule has 6 aliphatic heterocycles. The largest absolute Gasteiger partial charge is 0.497 e. The average molecular weight is 1870 g/mol. The summed E-state index contributed by atoms with van der Waals surface area (Å²) in [6.45, 7) is 6.35. The highest BCUT2D eigenvalue weighted by molar-refractivity contribution is 6.31. The Labute approximate surface area is 843 Å². The normalized spacial score (nSPS) is 11.9. The minimum atomic E-state index is 0.822. The van der Waals surface area contributed by atoms with Gasteiger partial charge in [0.25, 0.3) is 0 Å². The van der Waals surface area contributed by atoms with Gasteiger partial charge in [-0.1, -0.05) is 243 Å². The third-order valence-corrected chi connectivity index (χ3v) is 30.4. The Morgan fingerprint density at radius 3 is 0.685 bits per heavy atom. The SMILES string of the molecule is CCn1c2ccc3cc(-c4cccc(-c5ccccc5)c4)cc4c3c2-c2c3c(ccc2n4CC)cc(-c2cccc(-c4ccccc4)c2)cc31.COc1ccc(-n2c3ccc4cc(-c5cccnc5)cc5c4c3-c3c4c(ccc3n5-c3ccc(OC)cc3)cc(-c3cccnc3)cc42)cc1.c1ccc(-c2cc3ccc4c5c3c(c2)n(-c2ccccc2)c2ccc3cc(-c6ccccc6)cc(c3c2-5)n4-c2ccccc2)cc1. The zero-order valence-corrected chi connectivity index (χ0v) is 80.8. The molecule has 0 spiro atoms. The number of ether oxygens (including phenoxy) is 2. The molecule has 0 amide bonds. The van der Waals surface area contributed by atoms with Crippen LogP contribution >= 0.6 is 0 Å². The fraction of sp³-hybridized carbons (Fsp3) is 0.0441. The van der Waals surface area contributed by atoms with Gasteiger partial charge >= 0.3 is 0 Å². The molecule has 0 unspecified atom stereocenters. The van der Waals surface area contributed by atoms with E-state index in [0.717, 1.165) is 91.7 Å². The molecule has 6 aliphatic rings. The predicted molar refractivity (Wildman–Crippen MR) is 610 cm³/mol. The Kier molecular flexibility index (Phi) is 20.1. The number of hydrogen-bond donors (Lipinski definition) is 0. The third-order valence-electron chi connectivity index (χ3n) is 30.4. The molecule has 0 N–H and O–H groups in total. The standard InChI is InChI=1S/C48H36N2.C44H30N4O2.C44H28N2/c1-3-49-41-23-21-38-28-40(36-20-12-18-34(26-36)32-15-9-6-10-16-32)30-44-46(38)47(41)48-42(50(44)4-2)24-22-37-27-39(29-43(49)45(37)48)35-19-11-17-33(25-35)31-13-7-5-8-14-31;1-49-35-13-9-33(10-14-35)47-37-17-7-28-22-32(30-6-4-20-46-26-30)24-40-42(28)43(37)44-38(48(40)34-11-15-36(50-2)16-12-34)18-8-27-21-31(23-39(47)41(27)44)29-5-3-19-45-25-29;1-5-13-29(14-6-1)33-25-31-21-23-38-43-41(31)39(27-33)45(35-17-9-3-10-18-35)37-24-22-32-26-34(30-15-7-2-8-16-30)28-40(42(32)44(37)43)46(38)36-19-11-4-12-20-36/h5-30H,3-4H2,1-2H3;3-26H,1-2H3;1-28H. The molecule has 690 valence electrons. The summed E-state index contributed by atoms with van der Waals surface area (Å²) in [7, 11) is 3.41. The van der Waals surface area contributed by atoms with Crippen LogP contribution in [0.3, 0.4) is 0 Å². The Bertz CT molecular complexity index is 9530. The molecule has 10 heteroatoms. The van der Waals surface area contributed by atoms with Crippen LogP contribution < -0.4 is 9.47 Å². The molecule has 10 nitrogen and oxygen atoms in total. The molecule has 0 saturated carbocycles. The summed E-state index contributed by atoms with van der Waals surface area (Å²) in [5.41, 5.74) is 46.1. The average Bonchev–Trinajstić information content (AvgIpc) is 0.685. The molecular formula is C136H94N8O2. The van der Waals surface area contributed by atoms with Crippen LogP contribution in [-0.2, 0) is 13.1 Å². The van der Waals surface area contributed by atoms with Gasteiger partial charge in [0.2, 0.25) is 0 Å². The van der Waals surface area contributed by atoms with Gasteiger partial charge < -0.3 is 36.9 Å². The van der Waals surface area contributed by atoms with Gasteiger partial charge in [0.05, 0.1) is 69.4 Å². The second-order valence-electron chi connectivity index (χ2n) is 38.3. The van der Waals surface area contributed by atoms with E-state index in [4.69, 9.17) is 9.47 Å². The Hall–Kier alpha value is -18.9. The van der Waals surface area contributed by atoms with Crippen molar-refractivity contribution in [2.75, 3.05) is 14.2 Å². The maximum absolute atomic E-state index is 5.57. The zero-order chi connectivity index (χ0) is 96.9. The number of pyridine rings is 8. The first-order valence-corrected chi connectivity index (χ1v) is 50.3. The van der Waals surface area contributed by atoms with Crippen LogP contribution in [0.5, 0.6) is 11.5 Å². The quantitative estimate of drug-likeness (QED) is 0.0714. The van der Waals surface area contributed by atoms with Crippen molar-refractivity contribution in [2.45, 2.75) is 26.9 Å². The van der Waals surface area contributed by atoms with E-state index < -0.39 is 0 Å². The molecule has 8 heterocycles. The number of benzene rings is 22.